The molecule has 3 unspecified atom stereocenters. The third-order valence-electron chi connectivity index (χ3n) is 8.52. The predicted molar refractivity (Wildman–Crippen MR) is 182 cm³/mol. The first-order valence-electron chi connectivity index (χ1n) is 15.8. The van der Waals surface area contributed by atoms with Crippen molar-refractivity contribution >= 4 is 28.8 Å². The van der Waals surface area contributed by atoms with Crippen molar-refractivity contribution < 1.29 is 23.8 Å². The third kappa shape index (κ3) is 7.63. The van der Waals surface area contributed by atoms with Crippen molar-refractivity contribution in [2.45, 2.75) is 78.3 Å². The van der Waals surface area contributed by atoms with Crippen molar-refractivity contribution in [1.82, 2.24) is 15.6 Å². The van der Waals surface area contributed by atoms with Crippen molar-refractivity contribution in [3.8, 4) is 28.4 Å². The Labute approximate surface area is 275 Å². The number of carbonyl (C=O) groups is 2. The Morgan fingerprint density at radius 1 is 1.07 bits per heavy atom. The summed E-state index contributed by atoms with van der Waals surface area (Å²) in [6.45, 7) is 10.1. The lowest BCUT2D eigenvalue weighted by atomic mass is 9.95. The second-order valence-electron chi connectivity index (χ2n) is 12.0. The van der Waals surface area contributed by atoms with Crippen molar-refractivity contribution in [2.75, 3.05) is 33.2 Å². The smallest absolute Gasteiger partial charge is 0.242 e. The van der Waals surface area contributed by atoms with E-state index in [-0.39, 0.29) is 28.8 Å². The molecule has 1 heterocycles. The number of ether oxygens (including phenoxy) is 3. The van der Waals surface area contributed by atoms with Crippen LogP contribution in [0.1, 0.15) is 81.2 Å². The molecule has 0 radical (unpaired) electrons. The Bertz CT molecular complexity index is 1620. The molecule has 2 amide bonds. The van der Waals surface area contributed by atoms with E-state index >= 15 is 0 Å². The molecule has 0 saturated heterocycles. The number of thiazole rings is 1. The SMILES string of the molecule is CCC(C)C(Nc1ccc2c(cc1=O)C(NC(C)=O)CCc1cc(OC)c(OC)c(OC)c1-2)C(=O)NCCc1nc(C(C)C)cs1. The number of hydrogen-bond acceptors (Lipinski definition) is 9. The number of aryl methyl sites for hydroxylation is 1. The summed E-state index contributed by atoms with van der Waals surface area (Å²) in [5.74, 6) is 1.37. The zero-order valence-electron chi connectivity index (χ0n) is 28.0. The fourth-order valence-corrected chi connectivity index (χ4v) is 6.76. The van der Waals surface area contributed by atoms with E-state index in [1.165, 1.54) is 6.92 Å². The van der Waals surface area contributed by atoms with Gasteiger partial charge < -0.3 is 30.2 Å². The molecule has 0 spiro atoms. The van der Waals surface area contributed by atoms with Gasteiger partial charge in [0.05, 0.1) is 43.8 Å². The number of anilines is 1. The summed E-state index contributed by atoms with van der Waals surface area (Å²) >= 11 is 1.60. The van der Waals surface area contributed by atoms with Crippen LogP contribution in [0.15, 0.2) is 34.4 Å². The highest BCUT2D eigenvalue weighted by molar-refractivity contribution is 7.09. The number of hydrogen-bond donors (Lipinski definition) is 3. The van der Waals surface area contributed by atoms with Gasteiger partial charge in [-0.15, -0.1) is 11.3 Å². The fourth-order valence-electron chi connectivity index (χ4n) is 5.80. The van der Waals surface area contributed by atoms with Gasteiger partial charge in [0.1, 0.15) is 6.04 Å². The fraction of sp³-hybridized carbons (Fsp3) is 0.486. The molecule has 1 aliphatic carbocycles. The Balaban J connectivity index is 1.73. The summed E-state index contributed by atoms with van der Waals surface area (Å²) < 4.78 is 17.2. The normalized spacial score (nSPS) is 15.1. The van der Waals surface area contributed by atoms with E-state index < -0.39 is 12.1 Å². The first-order valence-corrected chi connectivity index (χ1v) is 16.7. The number of fused-ring (bicyclic) bond motifs is 3. The average molecular weight is 651 g/mol. The molecule has 248 valence electrons. The number of nitrogens with zero attached hydrogens (tertiary/aromatic N) is 1. The van der Waals surface area contributed by atoms with Crippen LogP contribution in [0, 0.1) is 5.92 Å². The molecule has 0 fully saturated rings. The number of benzene rings is 1. The zero-order chi connectivity index (χ0) is 33.5. The van der Waals surface area contributed by atoms with E-state index in [0.717, 1.165) is 33.8 Å². The van der Waals surface area contributed by atoms with Gasteiger partial charge in [-0.3, -0.25) is 14.4 Å². The highest BCUT2D eigenvalue weighted by atomic mass is 32.1. The summed E-state index contributed by atoms with van der Waals surface area (Å²) in [6, 6.07) is 5.98. The van der Waals surface area contributed by atoms with E-state index in [2.05, 4.69) is 40.2 Å². The molecular weight excluding hydrogens is 604 g/mol. The molecule has 0 bridgehead atoms. The molecule has 46 heavy (non-hydrogen) atoms. The Morgan fingerprint density at radius 3 is 2.41 bits per heavy atom. The minimum atomic E-state index is -0.639. The highest BCUT2D eigenvalue weighted by Gasteiger charge is 2.30. The van der Waals surface area contributed by atoms with Crippen LogP contribution in [-0.4, -0.2) is 50.7 Å². The number of carbonyl (C=O) groups excluding carboxylic acids is 2. The van der Waals surface area contributed by atoms with Gasteiger partial charge in [-0.1, -0.05) is 40.2 Å². The van der Waals surface area contributed by atoms with Crippen LogP contribution in [0.4, 0.5) is 5.69 Å². The lowest BCUT2D eigenvalue weighted by Gasteiger charge is -2.24. The number of methoxy groups -OCH3 is 3. The first-order chi connectivity index (χ1) is 22.0. The monoisotopic (exact) mass is 650 g/mol. The van der Waals surface area contributed by atoms with Crippen LogP contribution in [0.3, 0.4) is 0 Å². The first kappa shape index (κ1) is 34.7. The third-order valence-corrected chi connectivity index (χ3v) is 9.45. The summed E-state index contributed by atoms with van der Waals surface area (Å²) in [6.07, 6.45) is 2.52. The van der Waals surface area contributed by atoms with Crippen LogP contribution in [-0.2, 0) is 22.4 Å². The maximum atomic E-state index is 13.9. The summed E-state index contributed by atoms with van der Waals surface area (Å²) in [5.41, 5.74) is 4.15. The van der Waals surface area contributed by atoms with Gasteiger partial charge in [0.15, 0.2) is 11.5 Å². The van der Waals surface area contributed by atoms with Gasteiger partial charge >= 0.3 is 0 Å². The standard InChI is InChI=1S/C35H46N4O6S/c1-9-20(4)32(35(42)36-15-14-30-38-27(18-46-30)19(2)3)39-26-13-11-23-24(17-28(26)41)25(37-21(5)40)12-10-22-16-29(43-6)33(44-7)34(45-8)31(22)23/h11,13,16-20,25,32H,9-10,12,14-15H2,1-8H3,(H,36,42)(H,37,40)(H,39,41). The molecular formula is C35H46N4O6S. The summed E-state index contributed by atoms with van der Waals surface area (Å²) in [7, 11) is 4.68. The van der Waals surface area contributed by atoms with Gasteiger partial charge in [-0.05, 0) is 59.6 Å². The predicted octanol–water partition coefficient (Wildman–Crippen LogP) is 5.63. The molecule has 11 heteroatoms. The molecule has 3 N–H and O–H groups in total. The van der Waals surface area contributed by atoms with Gasteiger partial charge in [0, 0.05) is 30.8 Å². The lowest BCUT2D eigenvalue weighted by molar-refractivity contribution is -0.123. The molecule has 0 aliphatic heterocycles. The lowest BCUT2D eigenvalue weighted by Crippen LogP contribution is -2.45. The van der Waals surface area contributed by atoms with E-state index in [1.54, 1.807) is 44.8 Å². The van der Waals surface area contributed by atoms with Gasteiger partial charge in [0.25, 0.3) is 0 Å². The van der Waals surface area contributed by atoms with Gasteiger partial charge in [-0.2, -0.15) is 0 Å². The van der Waals surface area contributed by atoms with Crippen molar-refractivity contribution in [2.24, 2.45) is 5.92 Å². The van der Waals surface area contributed by atoms with Crippen molar-refractivity contribution in [3.63, 3.8) is 0 Å². The molecule has 3 aromatic rings. The van der Waals surface area contributed by atoms with Crippen LogP contribution in [0.25, 0.3) is 11.1 Å². The average Bonchev–Trinajstić information content (AvgIpc) is 3.39. The van der Waals surface area contributed by atoms with Crippen LogP contribution >= 0.6 is 11.3 Å². The maximum absolute atomic E-state index is 13.9. The van der Waals surface area contributed by atoms with Gasteiger partial charge in [-0.25, -0.2) is 4.98 Å². The molecule has 4 rings (SSSR count). The molecule has 2 aromatic carbocycles. The molecule has 1 aliphatic rings. The highest BCUT2D eigenvalue weighted by Crippen LogP contribution is 2.50. The van der Waals surface area contributed by atoms with E-state index in [1.807, 2.05) is 26.0 Å². The number of nitrogens with one attached hydrogen (secondary N) is 3. The number of rotatable bonds is 13. The van der Waals surface area contributed by atoms with Crippen LogP contribution < -0.4 is 35.6 Å². The Hall–Kier alpha value is -4.12. The molecule has 0 saturated carbocycles. The summed E-state index contributed by atoms with van der Waals surface area (Å²) in [5, 5.41) is 12.4. The van der Waals surface area contributed by atoms with Crippen molar-refractivity contribution in [1.29, 1.82) is 0 Å². The minimum Gasteiger partial charge on any atom is -0.493 e. The minimum absolute atomic E-state index is 0.0557. The largest absolute Gasteiger partial charge is 0.493 e. The quantitative estimate of drug-likeness (QED) is 0.217. The summed E-state index contributed by atoms with van der Waals surface area (Å²) in [4.78, 5) is 44.3. The Morgan fingerprint density at radius 2 is 1.80 bits per heavy atom. The van der Waals surface area contributed by atoms with E-state index in [9.17, 15) is 14.4 Å². The van der Waals surface area contributed by atoms with E-state index in [0.29, 0.717) is 54.5 Å². The Kier molecular flexibility index (Phi) is 11.7. The second-order valence-corrected chi connectivity index (χ2v) is 12.9. The molecule has 1 aromatic heterocycles. The number of aromatic nitrogens is 1. The van der Waals surface area contributed by atoms with E-state index in [4.69, 9.17) is 14.2 Å². The van der Waals surface area contributed by atoms with Crippen LogP contribution in [0.5, 0.6) is 17.2 Å². The second kappa shape index (κ2) is 15.4. The van der Waals surface area contributed by atoms with Crippen molar-refractivity contribution in [3.05, 3.63) is 61.7 Å². The molecule has 10 nitrogen and oxygen atoms in total. The topological polar surface area (TPSA) is 128 Å². The zero-order valence-corrected chi connectivity index (χ0v) is 28.9. The maximum Gasteiger partial charge on any atom is 0.242 e. The number of amides is 2. The van der Waals surface area contributed by atoms with Gasteiger partial charge in [0.2, 0.25) is 23.0 Å². The molecule has 3 atom stereocenters. The van der Waals surface area contributed by atoms with Crippen LogP contribution in [0.2, 0.25) is 0 Å².